The van der Waals surface area contributed by atoms with Crippen LogP contribution in [-0.2, 0) is 0 Å². The van der Waals surface area contributed by atoms with Gasteiger partial charge in [-0.15, -0.1) is 0 Å². The molecule has 27 heavy (non-hydrogen) atoms. The summed E-state index contributed by atoms with van der Waals surface area (Å²) in [5.74, 6) is 0. The molecule has 0 saturated heterocycles. The summed E-state index contributed by atoms with van der Waals surface area (Å²) in [6, 6.07) is 25.5. The Labute approximate surface area is 158 Å². The van der Waals surface area contributed by atoms with Crippen LogP contribution in [0, 0.1) is 6.92 Å². The van der Waals surface area contributed by atoms with Crippen molar-refractivity contribution in [2.24, 2.45) is 0 Å². The Balaban J connectivity index is 1.60. The number of aryl methyl sites for hydroxylation is 1. The summed E-state index contributed by atoms with van der Waals surface area (Å²) < 4.78 is 6.05. The van der Waals surface area contributed by atoms with E-state index in [0.29, 0.717) is 0 Å². The molecule has 5 rings (SSSR count). The van der Waals surface area contributed by atoms with Crippen LogP contribution in [0.25, 0.3) is 44.2 Å². The van der Waals surface area contributed by atoms with Crippen molar-refractivity contribution in [3.05, 3.63) is 84.7 Å². The van der Waals surface area contributed by atoms with Crippen molar-refractivity contribution < 1.29 is 4.42 Å². The van der Waals surface area contributed by atoms with Gasteiger partial charge in [0.25, 0.3) is 0 Å². The minimum atomic E-state index is 0.940. The molecule has 0 saturated carbocycles. The highest BCUT2D eigenvalue weighted by Crippen LogP contribution is 2.31. The van der Waals surface area contributed by atoms with Crippen LogP contribution < -0.4 is 5.46 Å². The average molecular weight is 347 g/mol. The maximum atomic E-state index is 6.05. The quantitative estimate of drug-likeness (QED) is 0.425. The molecular weight excluding hydrogens is 329 g/mol. The van der Waals surface area contributed by atoms with Crippen molar-refractivity contribution in [1.29, 1.82) is 0 Å². The van der Waals surface area contributed by atoms with E-state index in [9.17, 15) is 0 Å². The molecule has 0 fully saturated rings. The van der Waals surface area contributed by atoms with Gasteiger partial charge in [0, 0.05) is 28.2 Å². The molecule has 5 aromatic rings. The van der Waals surface area contributed by atoms with Crippen molar-refractivity contribution in [2.75, 3.05) is 0 Å². The summed E-state index contributed by atoms with van der Waals surface area (Å²) in [5, 5.41) is 2.34. The lowest BCUT2D eigenvalue weighted by atomic mass is 9.89. The van der Waals surface area contributed by atoms with Crippen molar-refractivity contribution in [2.45, 2.75) is 6.92 Å². The van der Waals surface area contributed by atoms with Crippen molar-refractivity contribution in [1.82, 2.24) is 4.98 Å². The van der Waals surface area contributed by atoms with Crippen LogP contribution in [0.4, 0.5) is 0 Å². The summed E-state index contributed by atoms with van der Waals surface area (Å²) in [5.41, 5.74) is 8.83. The lowest BCUT2D eigenvalue weighted by molar-refractivity contribution is 0.671. The Morgan fingerprint density at radius 1 is 0.741 bits per heavy atom. The second kappa shape index (κ2) is 6.13. The lowest BCUT2D eigenvalue weighted by Crippen LogP contribution is -2.02. The van der Waals surface area contributed by atoms with Gasteiger partial charge < -0.3 is 4.42 Å². The minimum absolute atomic E-state index is 0.940. The molecule has 0 aliphatic heterocycles. The number of nitrogens with zero attached hydrogens (tertiary/aromatic N) is 1. The fourth-order valence-electron chi connectivity index (χ4n) is 3.66. The first-order chi connectivity index (χ1) is 13.2. The van der Waals surface area contributed by atoms with E-state index in [4.69, 9.17) is 4.42 Å². The highest BCUT2D eigenvalue weighted by molar-refractivity contribution is 6.39. The zero-order valence-corrected chi connectivity index (χ0v) is 15.4. The molecule has 0 unspecified atom stereocenters. The lowest BCUT2D eigenvalue weighted by Gasteiger charge is -2.07. The number of para-hydroxylation sites is 1. The van der Waals surface area contributed by atoms with Crippen LogP contribution in [0.15, 0.2) is 83.4 Å². The standard InChI is InChI=1S/C24H18BNO/c1-15-6-7-18(14-26-15)16-8-10-17(11-9-16)19-12-21-20-4-2-3-5-23(20)27-24(21)22(25)13-19/h2-14H,25H2,1H3. The van der Waals surface area contributed by atoms with Gasteiger partial charge in [0.2, 0.25) is 0 Å². The van der Waals surface area contributed by atoms with Crippen LogP contribution in [0.1, 0.15) is 5.69 Å². The molecule has 0 aliphatic carbocycles. The number of furan rings is 1. The number of fused-ring (bicyclic) bond motifs is 3. The summed E-state index contributed by atoms with van der Waals surface area (Å²) in [6.45, 7) is 2.00. The van der Waals surface area contributed by atoms with Gasteiger partial charge in [-0.1, -0.05) is 54.6 Å². The van der Waals surface area contributed by atoms with Gasteiger partial charge >= 0.3 is 0 Å². The van der Waals surface area contributed by atoms with Gasteiger partial charge in [-0.05, 0) is 47.3 Å². The Hall–Kier alpha value is -3.33. The minimum Gasteiger partial charge on any atom is -0.457 e. The SMILES string of the molecule is Bc1cc(-c2ccc(-c3ccc(C)nc3)cc2)cc2c1oc1ccccc12. The van der Waals surface area contributed by atoms with Gasteiger partial charge in [-0.25, -0.2) is 0 Å². The first-order valence-corrected chi connectivity index (χ1v) is 9.14. The predicted octanol–water partition coefficient (Wildman–Crippen LogP) is 4.88. The van der Waals surface area contributed by atoms with E-state index in [2.05, 4.69) is 67.4 Å². The van der Waals surface area contributed by atoms with Crippen LogP contribution in [0.3, 0.4) is 0 Å². The van der Waals surface area contributed by atoms with E-state index >= 15 is 0 Å². The Morgan fingerprint density at radius 2 is 1.44 bits per heavy atom. The van der Waals surface area contributed by atoms with Crippen molar-refractivity contribution >= 4 is 35.2 Å². The van der Waals surface area contributed by atoms with E-state index < -0.39 is 0 Å². The normalized spacial score (nSPS) is 11.3. The second-order valence-electron chi connectivity index (χ2n) is 7.03. The van der Waals surface area contributed by atoms with Crippen molar-refractivity contribution in [3.63, 3.8) is 0 Å². The highest BCUT2D eigenvalue weighted by atomic mass is 16.3. The molecule has 3 heteroatoms. The number of benzene rings is 3. The molecule has 0 atom stereocenters. The molecule has 2 heterocycles. The average Bonchev–Trinajstić information content (AvgIpc) is 3.08. The smallest absolute Gasteiger partial charge is 0.144 e. The molecule has 0 spiro atoms. The van der Waals surface area contributed by atoms with Gasteiger partial charge in [0.15, 0.2) is 0 Å². The molecule has 0 N–H and O–H groups in total. The molecule has 0 bridgehead atoms. The zero-order chi connectivity index (χ0) is 18.4. The monoisotopic (exact) mass is 347 g/mol. The molecule has 0 amide bonds. The molecule has 3 aromatic carbocycles. The number of hydrogen-bond donors (Lipinski definition) is 0. The first kappa shape index (κ1) is 15.9. The number of hydrogen-bond acceptors (Lipinski definition) is 2. The fraction of sp³-hybridized carbons (Fsp3) is 0.0417. The number of rotatable bonds is 2. The van der Waals surface area contributed by atoms with E-state index in [1.807, 2.05) is 31.3 Å². The van der Waals surface area contributed by atoms with Crippen molar-refractivity contribution in [3.8, 4) is 22.3 Å². The number of aromatic nitrogens is 1. The van der Waals surface area contributed by atoms with Gasteiger partial charge in [-0.3, -0.25) is 4.98 Å². The summed E-state index contributed by atoms with van der Waals surface area (Å²) in [6.07, 6.45) is 1.93. The van der Waals surface area contributed by atoms with Gasteiger partial charge in [0.05, 0.1) is 0 Å². The fourth-order valence-corrected chi connectivity index (χ4v) is 3.66. The Kier molecular flexibility index (Phi) is 3.61. The van der Waals surface area contributed by atoms with E-state index in [1.54, 1.807) is 0 Å². The van der Waals surface area contributed by atoms with Crippen LogP contribution in [0.5, 0.6) is 0 Å². The van der Waals surface area contributed by atoms with Crippen LogP contribution >= 0.6 is 0 Å². The molecule has 0 radical (unpaired) electrons. The van der Waals surface area contributed by atoms with E-state index in [1.165, 1.54) is 27.5 Å². The number of pyridine rings is 1. The predicted molar refractivity (Wildman–Crippen MR) is 115 cm³/mol. The Morgan fingerprint density at radius 3 is 2.19 bits per heavy atom. The topological polar surface area (TPSA) is 26.0 Å². The third kappa shape index (κ3) is 2.72. The van der Waals surface area contributed by atoms with Crippen LogP contribution in [0.2, 0.25) is 0 Å². The maximum absolute atomic E-state index is 6.05. The zero-order valence-electron chi connectivity index (χ0n) is 15.4. The Bertz CT molecular complexity index is 1270. The van der Waals surface area contributed by atoms with Crippen LogP contribution in [-0.4, -0.2) is 12.8 Å². The third-order valence-corrected chi connectivity index (χ3v) is 5.13. The van der Waals surface area contributed by atoms with E-state index in [-0.39, 0.29) is 0 Å². The van der Waals surface area contributed by atoms with Gasteiger partial charge in [-0.2, -0.15) is 0 Å². The summed E-state index contributed by atoms with van der Waals surface area (Å²) >= 11 is 0. The third-order valence-electron chi connectivity index (χ3n) is 5.13. The maximum Gasteiger partial charge on any atom is 0.144 e. The second-order valence-corrected chi connectivity index (χ2v) is 7.03. The van der Waals surface area contributed by atoms with E-state index in [0.717, 1.165) is 27.9 Å². The first-order valence-electron chi connectivity index (χ1n) is 9.14. The summed E-state index contributed by atoms with van der Waals surface area (Å²) in [4.78, 5) is 4.39. The molecule has 2 nitrogen and oxygen atoms in total. The molecule has 2 aromatic heterocycles. The largest absolute Gasteiger partial charge is 0.457 e. The summed E-state index contributed by atoms with van der Waals surface area (Å²) in [7, 11) is 2.11. The molecular formula is C24H18BNO. The molecule has 128 valence electrons. The highest BCUT2D eigenvalue weighted by Gasteiger charge is 2.11. The molecule has 0 aliphatic rings. The van der Waals surface area contributed by atoms with Gasteiger partial charge in [0.1, 0.15) is 19.0 Å².